The predicted molar refractivity (Wildman–Crippen MR) is 199 cm³/mol. The van der Waals surface area contributed by atoms with E-state index >= 15 is 0 Å². The molecule has 0 unspecified atom stereocenters. The van der Waals surface area contributed by atoms with Crippen LogP contribution in [0.2, 0.25) is 0 Å². The maximum absolute atomic E-state index is 6.59. The molecule has 0 aliphatic rings. The van der Waals surface area contributed by atoms with Gasteiger partial charge >= 0.3 is 0 Å². The SMILES string of the molecule is CCCCc1ccnc(-n2c3ccc(CC(C)(C)C)cc3c3ccc(Oc4cccc(-n5nc(C)c(-c6ccccc6)c5C)c4)cc32)c1. The Morgan fingerprint density at radius 3 is 2.33 bits per heavy atom. The summed E-state index contributed by atoms with van der Waals surface area (Å²) in [7, 11) is 0. The fourth-order valence-corrected chi connectivity index (χ4v) is 6.93. The third kappa shape index (κ3) is 6.25. The second-order valence-corrected chi connectivity index (χ2v) is 14.2. The molecule has 4 aromatic carbocycles. The Labute approximate surface area is 283 Å². The molecule has 3 aromatic heterocycles. The molecule has 5 nitrogen and oxygen atoms in total. The van der Waals surface area contributed by atoms with Crippen molar-refractivity contribution in [2.24, 2.45) is 5.41 Å². The molecule has 0 fully saturated rings. The zero-order valence-corrected chi connectivity index (χ0v) is 28.9. The molecular formula is C43H44N4O. The summed E-state index contributed by atoms with van der Waals surface area (Å²) in [6.07, 6.45) is 6.33. The number of fused-ring (bicyclic) bond motifs is 3. The van der Waals surface area contributed by atoms with Gasteiger partial charge in [-0.25, -0.2) is 9.67 Å². The van der Waals surface area contributed by atoms with Gasteiger partial charge in [-0.3, -0.25) is 4.57 Å². The predicted octanol–water partition coefficient (Wildman–Crippen LogP) is 11.4. The van der Waals surface area contributed by atoms with Crippen molar-refractivity contribution in [3.8, 4) is 34.1 Å². The lowest BCUT2D eigenvalue weighted by Crippen LogP contribution is -2.08. The number of hydrogen-bond donors (Lipinski definition) is 0. The second kappa shape index (κ2) is 12.8. The Kier molecular flexibility index (Phi) is 8.38. The van der Waals surface area contributed by atoms with Crippen LogP contribution in [0.5, 0.6) is 11.5 Å². The van der Waals surface area contributed by atoms with Gasteiger partial charge in [-0.2, -0.15) is 5.10 Å². The molecule has 7 aromatic rings. The lowest BCUT2D eigenvalue weighted by molar-refractivity contribution is 0.411. The fourth-order valence-electron chi connectivity index (χ4n) is 6.93. The highest BCUT2D eigenvalue weighted by Crippen LogP contribution is 2.37. The van der Waals surface area contributed by atoms with Crippen LogP contribution in [0.25, 0.3) is 44.4 Å². The van der Waals surface area contributed by atoms with Crippen LogP contribution in [0.3, 0.4) is 0 Å². The number of benzene rings is 4. The molecule has 0 N–H and O–H groups in total. The molecule has 48 heavy (non-hydrogen) atoms. The summed E-state index contributed by atoms with van der Waals surface area (Å²) >= 11 is 0. The molecule has 0 aliphatic carbocycles. The van der Waals surface area contributed by atoms with E-state index in [1.165, 1.54) is 39.4 Å². The highest BCUT2D eigenvalue weighted by Gasteiger charge is 2.19. The highest BCUT2D eigenvalue weighted by atomic mass is 16.5. The lowest BCUT2D eigenvalue weighted by atomic mass is 9.88. The van der Waals surface area contributed by atoms with E-state index in [1.807, 2.05) is 29.1 Å². The van der Waals surface area contributed by atoms with Crippen molar-refractivity contribution >= 4 is 21.8 Å². The summed E-state index contributed by atoms with van der Waals surface area (Å²) in [5.74, 6) is 2.47. The molecule has 5 heteroatoms. The average Bonchev–Trinajstić information content (AvgIpc) is 3.55. The summed E-state index contributed by atoms with van der Waals surface area (Å²) < 4.78 is 10.9. The third-order valence-electron chi connectivity index (χ3n) is 9.05. The summed E-state index contributed by atoms with van der Waals surface area (Å²) in [6.45, 7) is 13.3. The Balaban J connectivity index is 1.29. The first-order valence-corrected chi connectivity index (χ1v) is 17.1. The van der Waals surface area contributed by atoms with Gasteiger partial charge in [0.2, 0.25) is 0 Å². The van der Waals surface area contributed by atoms with E-state index in [0.717, 1.165) is 64.7 Å². The molecule has 0 aliphatic heterocycles. The van der Waals surface area contributed by atoms with Crippen LogP contribution < -0.4 is 4.74 Å². The fraction of sp³-hybridized carbons (Fsp3) is 0.256. The van der Waals surface area contributed by atoms with Crippen LogP contribution >= 0.6 is 0 Å². The van der Waals surface area contributed by atoms with Crippen molar-refractivity contribution in [2.45, 2.75) is 67.2 Å². The van der Waals surface area contributed by atoms with E-state index in [-0.39, 0.29) is 5.41 Å². The highest BCUT2D eigenvalue weighted by molar-refractivity contribution is 6.09. The summed E-state index contributed by atoms with van der Waals surface area (Å²) in [6, 6.07) is 36.3. The Bertz CT molecular complexity index is 2230. The standard InChI is InChI=1S/C43H44N4O/c1-7-8-13-31-22-23-44-41(25-31)46-39-21-18-32(28-43(4,5)6)24-38(39)37-20-19-36(27-40(37)46)48-35-17-12-16-34(26-35)47-30(3)42(29(2)45-47)33-14-10-9-11-15-33/h9-12,14-27H,7-8,13,28H2,1-6H3. The van der Waals surface area contributed by atoms with Gasteiger partial charge in [-0.05, 0) is 104 Å². The van der Waals surface area contributed by atoms with Crippen molar-refractivity contribution in [1.82, 2.24) is 19.3 Å². The molecule has 0 atom stereocenters. The zero-order chi connectivity index (χ0) is 33.4. The van der Waals surface area contributed by atoms with Crippen molar-refractivity contribution in [1.29, 1.82) is 0 Å². The van der Waals surface area contributed by atoms with Crippen molar-refractivity contribution < 1.29 is 4.74 Å². The van der Waals surface area contributed by atoms with Crippen LogP contribution in [0.1, 0.15) is 63.1 Å². The summed E-state index contributed by atoms with van der Waals surface area (Å²) in [5.41, 5.74) is 10.5. The minimum atomic E-state index is 0.202. The third-order valence-corrected chi connectivity index (χ3v) is 9.05. The molecule has 0 saturated carbocycles. The molecule has 0 amide bonds. The summed E-state index contributed by atoms with van der Waals surface area (Å²) in [5, 5.41) is 7.35. The summed E-state index contributed by atoms with van der Waals surface area (Å²) in [4.78, 5) is 4.88. The number of nitrogens with zero attached hydrogens (tertiary/aromatic N) is 4. The second-order valence-electron chi connectivity index (χ2n) is 14.2. The molecule has 3 heterocycles. The van der Waals surface area contributed by atoms with Gasteiger partial charge in [0.25, 0.3) is 0 Å². The Hall–Kier alpha value is -5.16. The van der Waals surface area contributed by atoms with Gasteiger partial charge in [-0.1, -0.05) is 76.6 Å². The van der Waals surface area contributed by atoms with E-state index in [1.54, 1.807) is 0 Å². The molecule has 0 saturated heterocycles. The molecule has 7 rings (SSSR count). The van der Waals surface area contributed by atoms with Gasteiger partial charge in [0, 0.05) is 40.4 Å². The monoisotopic (exact) mass is 632 g/mol. The molecule has 0 radical (unpaired) electrons. The van der Waals surface area contributed by atoms with E-state index in [9.17, 15) is 0 Å². The number of ether oxygens (including phenoxy) is 1. The number of unbranched alkanes of at least 4 members (excludes halogenated alkanes) is 1. The first-order valence-electron chi connectivity index (χ1n) is 17.1. The molecular weight excluding hydrogens is 589 g/mol. The number of hydrogen-bond acceptors (Lipinski definition) is 3. The topological polar surface area (TPSA) is 44.9 Å². The Morgan fingerprint density at radius 1 is 0.729 bits per heavy atom. The van der Waals surface area contributed by atoms with Crippen molar-refractivity contribution in [2.75, 3.05) is 0 Å². The average molecular weight is 633 g/mol. The normalized spacial score (nSPS) is 11.9. The first kappa shape index (κ1) is 31.4. The van der Waals surface area contributed by atoms with Gasteiger partial charge in [0.15, 0.2) is 0 Å². The van der Waals surface area contributed by atoms with E-state index < -0.39 is 0 Å². The van der Waals surface area contributed by atoms with Gasteiger partial charge in [-0.15, -0.1) is 0 Å². The number of rotatable bonds is 9. The van der Waals surface area contributed by atoms with Gasteiger partial charge in [0.1, 0.15) is 17.3 Å². The molecule has 242 valence electrons. The minimum absolute atomic E-state index is 0.202. The van der Waals surface area contributed by atoms with Crippen LogP contribution in [0.15, 0.2) is 109 Å². The quantitative estimate of drug-likeness (QED) is 0.159. The molecule has 0 spiro atoms. The van der Waals surface area contributed by atoms with Crippen LogP contribution in [0.4, 0.5) is 0 Å². The number of pyridine rings is 1. The molecule has 0 bridgehead atoms. The van der Waals surface area contributed by atoms with E-state index in [0.29, 0.717) is 0 Å². The Morgan fingerprint density at radius 2 is 1.54 bits per heavy atom. The van der Waals surface area contributed by atoms with E-state index in [4.69, 9.17) is 14.8 Å². The first-order chi connectivity index (χ1) is 23.2. The van der Waals surface area contributed by atoms with E-state index in [2.05, 4.69) is 131 Å². The van der Waals surface area contributed by atoms with Gasteiger partial charge < -0.3 is 4.74 Å². The van der Waals surface area contributed by atoms with Crippen LogP contribution in [-0.4, -0.2) is 19.3 Å². The van der Waals surface area contributed by atoms with Crippen LogP contribution in [0, 0.1) is 19.3 Å². The number of aromatic nitrogens is 4. The maximum atomic E-state index is 6.59. The number of aryl methyl sites for hydroxylation is 2. The lowest BCUT2D eigenvalue weighted by Gasteiger charge is -2.18. The van der Waals surface area contributed by atoms with Crippen molar-refractivity contribution in [3.05, 3.63) is 132 Å². The van der Waals surface area contributed by atoms with Gasteiger partial charge in [0.05, 0.1) is 22.4 Å². The zero-order valence-electron chi connectivity index (χ0n) is 28.9. The van der Waals surface area contributed by atoms with Crippen LogP contribution in [-0.2, 0) is 12.8 Å². The maximum Gasteiger partial charge on any atom is 0.137 e. The largest absolute Gasteiger partial charge is 0.457 e. The minimum Gasteiger partial charge on any atom is -0.457 e. The van der Waals surface area contributed by atoms with Crippen molar-refractivity contribution in [3.63, 3.8) is 0 Å². The smallest absolute Gasteiger partial charge is 0.137 e.